The quantitative estimate of drug-likeness (QED) is 0.640. The van der Waals surface area contributed by atoms with E-state index in [-0.39, 0.29) is 18.0 Å². The van der Waals surface area contributed by atoms with E-state index in [0.717, 1.165) is 4.90 Å². The number of thioether (sulfide) groups is 1. The highest BCUT2D eigenvalue weighted by atomic mass is 35.5. The van der Waals surface area contributed by atoms with Crippen LogP contribution in [0.2, 0.25) is 5.02 Å². The first-order chi connectivity index (χ1) is 10.1. The summed E-state index contributed by atoms with van der Waals surface area (Å²) in [4.78, 5) is 12.6. The van der Waals surface area contributed by atoms with E-state index >= 15 is 0 Å². The number of carbonyl (C=O) groups is 1. The Morgan fingerprint density at radius 2 is 2.05 bits per heavy atom. The number of carbonyl (C=O) groups excluding carboxylic acids is 1. The van der Waals surface area contributed by atoms with E-state index in [0.29, 0.717) is 16.5 Å². The number of benzene rings is 2. The first kappa shape index (κ1) is 15.7. The first-order valence-corrected chi connectivity index (χ1v) is 7.65. The molecule has 1 amide bonds. The van der Waals surface area contributed by atoms with E-state index in [1.165, 1.54) is 23.9 Å². The fraction of sp³-hybridized carbons (Fsp3) is 0.133. The second-order valence-corrected chi connectivity index (χ2v) is 5.88. The third-order valence-electron chi connectivity index (χ3n) is 2.71. The molecule has 3 nitrogen and oxygen atoms in total. The zero-order valence-electron chi connectivity index (χ0n) is 11.1. The van der Waals surface area contributed by atoms with Crippen LogP contribution in [-0.4, -0.2) is 11.7 Å². The highest BCUT2D eigenvalue weighted by Gasteiger charge is 2.07. The van der Waals surface area contributed by atoms with Crippen molar-refractivity contribution in [3.05, 3.63) is 53.3 Å². The average molecular weight is 325 g/mol. The van der Waals surface area contributed by atoms with Gasteiger partial charge < -0.3 is 11.1 Å². The molecule has 0 unspecified atom stereocenters. The van der Waals surface area contributed by atoms with Gasteiger partial charge in [-0.1, -0.05) is 23.7 Å². The molecule has 21 heavy (non-hydrogen) atoms. The maximum Gasteiger partial charge on any atom is 0.225 e. The SMILES string of the molecule is Nc1ccc(Cl)cc1SCCC(=O)Nc1ccccc1F. The van der Waals surface area contributed by atoms with Crippen molar-refractivity contribution in [2.45, 2.75) is 11.3 Å². The third kappa shape index (κ3) is 4.65. The van der Waals surface area contributed by atoms with Crippen molar-refractivity contribution in [2.75, 3.05) is 16.8 Å². The summed E-state index contributed by atoms with van der Waals surface area (Å²) in [6.07, 6.45) is 0.255. The van der Waals surface area contributed by atoms with Crippen LogP contribution in [-0.2, 0) is 4.79 Å². The molecular formula is C15H14ClFN2OS. The zero-order chi connectivity index (χ0) is 15.2. The van der Waals surface area contributed by atoms with Crippen molar-refractivity contribution in [3.8, 4) is 0 Å². The van der Waals surface area contributed by atoms with Crippen LogP contribution in [0.25, 0.3) is 0 Å². The molecule has 0 aliphatic heterocycles. The average Bonchev–Trinajstić information content (AvgIpc) is 2.45. The number of rotatable bonds is 5. The molecule has 0 radical (unpaired) electrons. The van der Waals surface area contributed by atoms with Crippen molar-refractivity contribution < 1.29 is 9.18 Å². The lowest BCUT2D eigenvalue weighted by atomic mass is 10.3. The lowest BCUT2D eigenvalue weighted by Crippen LogP contribution is -2.13. The highest BCUT2D eigenvalue weighted by molar-refractivity contribution is 7.99. The van der Waals surface area contributed by atoms with Crippen LogP contribution in [0.3, 0.4) is 0 Å². The van der Waals surface area contributed by atoms with Gasteiger partial charge in [0.1, 0.15) is 5.82 Å². The molecule has 0 bridgehead atoms. The van der Waals surface area contributed by atoms with Crippen LogP contribution in [0.1, 0.15) is 6.42 Å². The Hall–Kier alpha value is -1.72. The molecule has 6 heteroatoms. The van der Waals surface area contributed by atoms with Gasteiger partial charge in [-0.25, -0.2) is 4.39 Å². The maximum absolute atomic E-state index is 13.4. The molecule has 0 aliphatic carbocycles. The number of amides is 1. The van der Waals surface area contributed by atoms with Crippen LogP contribution in [0.5, 0.6) is 0 Å². The molecule has 0 spiro atoms. The summed E-state index contributed by atoms with van der Waals surface area (Å²) in [6.45, 7) is 0. The van der Waals surface area contributed by atoms with E-state index < -0.39 is 5.82 Å². The highest BCUT2D eigenvalue weighted by Crippen LogP contribution is 2.28. The van der Waals surface area contributed by atoms with Gasteiger partial charge in [-0.3, -0.25) is 4.79 Å². The summed E-state index contributed by atoms with van der Waals surface area (Å²) in [7, 11) is 0. The summed E-state index contributed by atoms with van der Waals surface area (Å²) in [6, 6.07) is 11.3. The molecule has 0 heterocycles. The minimum atomic E-state index is -0.447. The van der Waals surface area contributed by atoms with Gasteiger partial charge in [-0.2, -0.15) is 0 Å². The smallest absolute Gasteiger partial charge is 0.225 e. The second kappa shape index (κ2) is 7.33. The fourth-order valence-electron chi connectivity index (χ4n) is 1.66. The van der Waals surface area contributed by atoms with Gasteiger partial charge in [0.25, 0.3) is 0 Å². The van der Waals surface area contributed by atoms with Crippen molar-refractivity contribution in [3.63, 3.8) is 0 Å². The molecule has 2 aromatic rings. The van der Waals surface area contributed by atoms with E-state index in [4.69, 9.17) is 17.3 Å². The van der Waals surface area contributed by atoms with Gasteiger partial charge in [-0.15, -0.1) is 11.8 Å². The minimum absolute atomic E-state index is 0.190. The number of anilines is 2. The van der Waals surface area contributed by atoms with Crippen LogP contribution in [0.4, 0.5) is 15.8 Å². The Kier molecular flexibility index (Phi) is 5.47. The van der Waals surface area contributed by atoms with Gasteiger partial charge in [0, 0.05) is 27.8 Å². The number of hydrogen-bond donors (Lipinski definition) is 2. The Bertz CT molecular complexity index is 651. The number of nitrogen functional groups attached to an aromatic ring is 1. The predicted molar refractivity (Wildman–Crippen MR) is 86.2 cm³/mol. The lowest BCUT2D eigenvalue weighted by Gasteiger charge is -2.07. The summed E-state index contributed by atoms with van der Waals surface area (Å²) >= 11 is 7.33. The number of halogens is 2. The molecule has 0 aromatic heterocycles. The van der Waals surface area contributed by atoms with Crippen molar-refractivity contribution in [2.24, 2.45) is 0 Å². The summed E-state index contributed by atoms with van der Waals surface area (Å²) < 4.78 is 13.4. The molecule has 110 valence electrons. The summed E-state index contributed by atoms with van der Waals surface area (Å²) in [5, 5.41) is 3.14. The molecule has 2 aromatic carbocycles. The Morgan fingerprint density at radius 1 is 1.29 bits per heavy atom. The second-order valence-electron chi connectivity index (χ2n) is 4.31. The molecule has 2 rings (SSSR count). The Morgan fingerprint density at radius 3 is 2.81 bits per heavy atom. The number of para-hydroxylation sites is 1. The maximum atomic E-state index is 13.4. The molecular weight excluding hydrogens is 311 g/mol. The normalized spacial score (nSPS) is 10.4. The zero-order valence-corrected chi connectivity index (χ0v) is 12.7. The van der Waals surface area contributed by atoms with Crippen LogP contribution in [0.15, 0.2) is 47.4 Å². The summed E-state index contributed by atoms with van der Waals surface area (Å²) in [5.41, 5.74) is 6.63. The largest absolute Gasteiger partial charge is 0.398 e. The van der Waals surface area contributed by atoms with Gasteiger partial charge in [0.15, 0.2) is 0 Å². The van der Waals surface area contributed by atoms with E-state index in [2.05, 4.69) is 5.32 Å². The van der Waals surface area contributed by atoms with E-state index in [1.54, 1.807) is 30.3 Å². The van der Waals surface area contributed by atoms with Gasteiger partial charge in [0.2, 0.25) is 5.91 Å². The third-order valence-corrected chi connectivity index (χ3v) is 4.02. The summed E-state index contributed by atoms with van der Waals surface area (Å²) in [5.74, 6) is -0.157. The van der Waals surface area contributed by atoms with Gasteiger partial charge in [-0.05, 0) is 30.3 Å². The number of nitrogens with two attached hydrogens (primary N) is 1. The van der Waals surface area contributed by atoms with Crippen LogP contribution < -0.4 is 11.1 Å². The predicted octanol–water partition coefficient (Wildman–Crippen LogP) is 4.18. The standard InChI is InChI=1S/C15H14ClFN2OS/c16-10-5-6-12(18)14(9-10)21-8-7-15(20)19-13-4-2-1-3-11(13)17/h1-6,9H,7-8,18H2,(H,19,20). The van der Waals surface area contributed by atoms with Crippen LogP contribution >= 0.6 is 23.4 Å². The van der Waals surface area contributed by atoms with Crippen molar-refractivity contribution in [1.82, 2.24) is 0 Å². The Labute approximate surface area is 131 Å². The molecule has 0 saturated carbocycles. The fourth-order valence-corrected chi connectivity index (χ4v) is 2.85. The molecule has 3 N–H and O–H groups in total. The van der Waals surface area contributed by atoms with Gasteiger partial charge >= 0.3 is 0 Å². The minimum Gasteiger partial charge on any atom is -0.398 e. The number of hydrogen-bond acceptors (Lipinski definition) is 3. The van der Waals surface area contributed by atoms with Crippen LogP contribution in [0, 0.1) is 5.82 Å². The molecule has 0 atom stereocenters. The monoisotopic (exact) mass is 324 g/mol. The first-order valence-electron chi connectivity index (χ1n) is 6.28. The molecule has 0 saturated heterocycles. The van der Waals surface area contributed by atoms with Crippen molar-refractivity contribution in [1.29, 1.82) is 0 Å². The molecule has 0 aliphatic rings. The van der Waals surface area contributed by atoms with E-state index in [9.17, 15) is 9.18 Å². The van der Waals surface area contributed by atoms with E-state index in [1.807, 2.05) is 0 Å². The number of nitrogens with one attached hydrogen (secondary N) is 1. The lowest BCUT2D eigenvalue weighted by molar-refractivity contribution is -0.115. The van der Waals surface area contributed by atoms with Crippen molar-refractivity contribution >= 4 is 40.6 Å². The Balaban J connectivity index is 1.85. The topological polar surface area (TPSA) is 55.1 Å². The van der Waals surface area contributed by atoms with Gasteiger partial charge in [0.05, 0.1) is 5.69 Å². The molecule has 0 fully saturated rings.